The Balaban J connectivity index is 2.20. The highest BCUT2D eigenvalue weighted by Gasteiger charge is 2.23. The highest BCUT2D eigenvalue weighted by Crippen LogP contribution is 2.23. The molecule has 3 nitrogen and oxygen atoms in total. The summed E-state index contributed by atoms with van der Waals surface area (Å²) in [7, 11) is 0. The SMILES string of the molecule is Cc1ccc(C(=O)C[C@H](C(=O)O)c2ccc(C)cc2)cc1. The zero-order valence-corrected chi connectivity index (χ0v) is 12.2. The van der Waals surface area contributed by atoms with Crippen LogP contribution in [0.1, 0.15) is 39.4 Å². The van der Waals surface area contributed by atoms with Crippen molar-refractivity contribution in [2.24, 2.45) is 0 Å². The third kappa shape index (κ3) is 3.78. The second-order valence-corrected chi connectivity index (χ2v) is 5.29. The summed E-state index contributed by atoms with van der Waals surface area (Å²) >= 11 is 0. The molecule has 0 saturated heterocycles. The molecule has 3 heteroatoms. The van der Waals surface area contributed by atoms with Crippen LogP contribution in [0.15, 0.2) is 48.5 Å². The third-order valence-electron chi connectivity index (χ3n) is 3.54. The minimum Gasteiger partial charge on any atom is -0.481 e. The van der Waals surface area contributed by atoms with E-state index in [0.29, 0.717) is 11.1 Å². The molecule has 0 bridgehead atoms. The molecule has 0 heterocycles. The molecule has 2 rings (SSSR count). The number of benzene rings is 2. The van der Waals surface area contributed by atoms with Crippen LogP contribution in [-0.2, 0) is 4.79 Å². The van der Waals surface area contributed by atoms with Crippen molar-refractivity contribution in [1.29, 1.82) is 0 Å². The van der Waals surface area contributed by atoms with Crippen LogP contribution >= 0.6 is 0 Å². The van der Waals surface area contributed by atoms with Gasteiger partial charge in [-0.2, -0.15) is 0 Å². The van der Waals surface area contributed by atoms with E-state index in [1.54, 1.807) is 24.3 Å². The van der Waals surface area contributed by atoms with Crippen molar-refractivity contribution < 1.29 is 14.7 Å². The number of carboxylic acid groups (broad SMARTS) is 1. The van der Waals surface area contributed by atoms with Crippen LogP contribution in [0.2, 0.25) is 0 Å². The normalized spacial score (nSPS) is 11.9. The van der Waals surface area contributed by atoms with E-state index in [9.17, 15) is 14.7 Å². The number of carbonyl (C=O) groups is 2. The first-order valence-corrected chi connectivity index (χ1v) is 6.86. The van der Waals surface area contributed by atoms with E-state index in [-0.39, 0.29) is 12.2 Å². The number of hydrogen-bond acceptors (Lipinski definition) is 2. The average Bonchev–Trinajstić information content (AvgIpc) is 2.46. The largest absolute Gasteiger partial charge is 0.481 e. The molecule has 0 saturated carbocycles. The Morgan fingerprint density at radius 3 is 1.86 bits per heavy atom. The number of aliphatic carboxylic acids is 1. The molecule has 0 aromatic heterocycles. The van der Waals surface area contributed by atoms with Crippen LogP contribution in [0.4, 0.5) is 0 Å². The molecule has 1 atom stereocenters. The molecule has 0 aliphatic rings. The van der Waals surface area contributed by atoms with Gasteiger partial charge in [0.15, 0.2) is 5.78 Å². The van der Waals surface area contributed by atoms with Gasteiger partial charge in [-0.05, 0) is 19.4 Å². The molecule has 0 spiro atoms. The predicted octanol–water partition coefficient (Wildman–Crippen LogP) is 3.74. The van der Waals surface area contributed by atoms with E-state index in [4.69, 9.17) is 0 Å². The topological polar surface area (TPSA) is 54.4 Å². The highest BCUT2D eigenvalue weighted by atomic mass is 16.4. The number of Topliss-reactive ketones (excluding diaryl/α,β-unsaturated/α-hetero) is 1. The Morgan fingerprint density at radius 2 is 1.38 bits per heavy atom. The fourth-order valence-electron chi connectivity index (χ4n) is 2.19. The molecular formula is C18H18O3. The van der Waals surface area contributed by atoms with Gasteiger partial charge in [0.1, 0.15) is 0 Å². The molecule has 108 valence electrons. The van der Waals surface area contributed by atoms with Gasteiger partial charge in [0.2, 0.25) is 0 Å². The van der Waals surface area contributed by atoms with Crippen LogP contribution in [0.3, 0.4) is 0 Å². The first-order chi connectivity index (χ1) is 9.97. The summed E-state index contributed by atoms with van der Waals surface area (Å²) in [5.74, 6) is -1.93. The van der Waals surface area contributed by atoms with E-state index in [0.717, 1.165) is 11.1 Å². The summed E-state index contributed by atoms with van der Waals surface area (Å²) in [4.78, 5) is 23.7. The Bertz CT molecular complexity index is 639. The molecule has 2 aromatic rings. The predicted molar refractivity (Wildman–Crippen MR) is 81.7 cm³/mol. The van der Waals surface area contributed by atoms with Gasteiger partial charge < -0.3 is 5.11 Å². The number of aryl methyl sites for hydroxylation is 2. The summed E-state index contributed by atoms with van der Waals surface area (Å²) in [6, 6.07) is 14.5. The summed E-state index contributed by atoms with van der Waals surface area (Å²) < 4.78 is 0. The maximum Gasteiger partial charge on any atom is 0.311 e. The van der Waals surface area contributed by atoms with Gasteiger partial charge in [-0.15, -0.1) is 0 Å². The van der Waals surface area contributed by atoms with Crippen molar-refractivity contribution in [1.82, 2.24) is 0 Å². The van der Waals surface area contributed by atoms with Gasteiger partial charge in [0.05, 0.1) is 5.92 Å². The molecule has 0 aliphatic carbocycles. The third-order valence-corrected chi connectivity index (χ3v) is 3.54. The number of hydrogen-bond donors (Lipinski definition) is 1. The number of rotatable bonds is 5. The van der Waals surface area contributed by atoms with Crippen molar-refractivity contribution >= 4 is 11.8 Å². The van der Waals surface area contributed by atoms with Crippen molar-refractivity contribution in [3.8, 4) is 0 Å². The first-order valence-electron chi connectivity index (χ1n) is 6.86. The van der Waals surface area contributed by atoms with Crippen molar-refractivity contribution in [2.75, 3.05) is 0 Å². The Labute approximate surface area is 124 Å². The van der Waals surface area contributed by atoms with Crippen molar-refractivity contribution in [2.45, 2.75) is 26.2 Å². The lowest BCUT2D eigenvalue weighted by atomic mass is 9.91. The maximum absolute atomic E-state index is 12.2. The van der Waals surface area contributed by atoms with Gasteiger partial charge in [-0.25, -0.2) is 0 Å². The van der Waals surface area contributed by atoms with Gasteiger partial charge >= 0.3 is 5.97 Å². The van der Waals surface area contributed by atoms with Crippen LogP contribution in [0.25, 0.3) is 0 Å². The monoisotopic (exact) mass is 282 g/mol. The molecule has 0 radical (unpaired) electrons. The molecule has 0 aliphatic heterocycles. The quantitative estimate of drug-likeness (QED) is 0.850. The van der Waals surface area contributed by atoms with Gasteiger partial charge in [0.25, 0.3) is 0 Å². The smallest absolute Gasteiger partial charge is 0.311 e. The van der Waals surface area contributed by atoms with Crippen molar-refractivity contribution in [3.05, 3.63) is 70.8 Å². The summed E-state index contributed by atoms with van der Waals surface area (Å²) in [6.07, 6.45) is -0.0263. The standard InChI is InChI=1S/C18H18O3/c1-12-3-7-14(8-4-12)16(18(20)21)11-17(19)15-9-5-13(2)6-10-15/h3-10,16H,11H2,1-2H3,(H,20,21)/t16-/m0/s1. The second kappa shape index (κ2) is 6.35. The van der Waals surface area contributed by atoms with Crippen LogP contribution in [-0.4, -0.2) is 16.9 Å². The maximum atomic E-state index is 12.2. The van der Waals surface area contributed by atoms with E-state index >= 15 is 0 Å². The zero-order chi connectivity index (χ0) is 15.4. The Hall–Kier alpha value is -2.42. The van der Waals surface area contributed by atoms with Crippen LogP contribution in [0.5, 0.6) is 0 Å². The Morgan fingerprint density at radius 1 is 0.905 bits per heavy atom. The van der Waals surface area contributed by atoms with E-state index in [1.807, 2.05) is 38.1 Å². The van der Waals surface area contributed by atoms with Gasteiger partial charge in [-0.1, -0.05) is 59.7 Å². The fraction of sp³-hybridized carbons (Fsp3) is 0.222. The van der Waals surface area contributed by atoms with Crippen LogP contribution < -0.4 is 0 Å². The zero-order valence-electron chi connectivity index (χ0n) is 12.2. The lowest BCUT2D eigenvalue weighted by molar-refractivity contribution is -0.138. The molecule has 0 amide bonds. The highest BCUT2D eigenvalue weighted by molar-refractivity contribution is 5.99. The molecule has 2 aromatic carbocycles. The minimum atomic E-state index is -0.973. The fourth-order valence-corrected chi connectivity index (χ4v) is 2.19. The average molecular weight is 282 g/mol. The lowest BCUT2D eigenvalue weighted by Crippen LogP contribution is -2.16. The molecule has 0 fully saturated rings. The van der Waals surface area contributed by atoms with Crippen molar-refractivity contribution in [3.63, 3.8) is 0 Å². The molecular weight excluding hydrogens is 264 g/mol. The molecule has 0 unspecified atom stereocenters. The first kappa shape index (κ1) is 15.0. The van der Waals surface area contributed by atoms with E-state index in [2.05, 4.69) is 0 Å². The number of carboxylic acids is 1. The number of ketones is 1. The van der Waals surface area contributed by atoms with E-state index in [1.165, 1.54) is 0 Å². The summed E-state index contributed by atoms with van der Waals surface area (Å²) in [5, 5.41) is 9.38. The lowest BCUT2D eigenvalue weighted by Gasteiger charge is -2.12. The van der Waals surface area contributed by atoms with E-state index < -0.39 is 11.9 Å². The summed E-state index contributed by atoms with van der Waals surface area (Å²) in [6.45, 7) is 3.89. The number of carbonyl (C=O) groups excluding carboxylic acids is 1. The second-order valence-electron chi connectivity index (χ2n) is 5.29. The van der Waals surface area contributed by atoms with Gasteiger partial charge in [0, 0.05) is 12.0 Å². The van der Waals surface area contributed by atoms with Gasteiger partial charge in [-0.3, -0.25) is 9.59 Å². The molecule has 21 heavy (non-hydrogen) atoms. The Kier molecular flexibility index (Phi) is 4.53. The van der Waals surface area contributed by atoms with Crippen LogP contribution in [0, 0.1) is 13.8 Å². The molecule has 1 N–H and O–H groups in total. The minimum absolute atomic E-state index is 0.0263. The summed E-state index contributed by atoms with van der Waals surface area (Å²) in [5.41, 5.74) is 3.35.